The molecule has 0 aliphatic rings. The highest BCUT2D eigenvalue weighted by Crippen LogP contribution is 2.27. The molecule has 82 valence electrons. The highest BCUT2D eigenvalue weighted by molar-refractivity contribution is 5.43. The van der Waals surface area contributed by atoms with Crippen LogP contribution in [0.3, 0.4) is 0 Å². The van der Waals surface area contributed by atoms with Crippen molar-refractivity contribution in [2.75, 3.05) is 0 Å². The van der Waals surface area contributed by atoms with E-state index in [0.29, 0.717) is 5.75 Å². The van der Waals surface area contributed by atoms with Crippen LogP contribution in [0.5, 0.6) is 5.75 Å². The largest absolute Gasteiger partial charge is 0.507 e. The maximum absolute atomic E-state index is 9.64. The second kappa shape index (κ2) is 4.49. The third-order valence-electron chi connectivity index (χ3n) is 2.51. The first kappa shape index (κ1) is 11.8. The summed E-state index contributed by atoms with van der Waals surface area (Å²) >= 11 is 0. The van der Waals surface area contributed by atoms with Gasteiger partial charge in [-0.3, -0.25) is 0 Å². The third kappa shape index (κ3) is 2.83. The molecule has 0 aliphatic carbocycles. The van der Waals surface area contributed by atoms with Crippen LogP contribution in [-0.2, 0) is 0 Å². The van der Waals surface area contributed by atoms with Crippen molar-refractivity contribution in [1.29, 1.82) is 0 Å². The van der Waals surface area contributed by atoms with E-state index in [2.05, 4.69) is 6.58 Å². The van der Waals surface area contributed by atoms with Crippen LogP contribution in [0, 0.1) is 13.8 Å². The zero-order chi connectivity index (χ0) is 11.6. The molecule has 1 aromatic carbocycles. The van der Waals surface area contributed by atoms with Crippen LogP contribution >= 0.6 is 0 Å². The fraction of sp³-hybridized carbons (Fsp3) is 0.385. The highest BCUT2D eigenvalue weighted by Gasteiger charge is 2.09. The molecule has 0 amide bonds. The zero-order valence-electron chi connectivity index (χ0n) is 9.67. The van der Waals surface area contributed by atoms with Crippen LogP contribution in [-0.4, -0.2) is 5.11 Å². The van der Waals surface area contributed by atoms with Crippen LogP contribution in [0.1, 0.15) is 36.1 Å². The van der Waals surface area contributed by atoms with Gasteiger partial charge in [0.2, 0.25) is 0 Å². The molecule has 0 spiro atoms. The van der Waals surface area contributed by atoms with Crippen LogP contribution in [0.25, 0.3) is 0 Å². The van der Waals surface area contributed by atoms with Gasteiger partial charge in [-0.25, -0.2) is 0 Å². The van der Waals surface area contributed by atoms with Gasteiger partial charge in [0.1, 0.15) is 5.75 Å². The van der Waals surface area contributed by atoms with E-state index in [0.717, 1.165) is 28.7 Å². The lowest BCUT2D eigenvalue weighted by molar-refractivity contribution is 0.466. The minimum absolute atomic E-state index is 0.0273. The Bertz CT molecular complexity index is 359. The maximum Gasteiger partial charge on any atom is 0.121 e. The molecule has 2 heteroatoms. The smallest absolute Gasteiger partial charge is 0.121 e. The Morgan fingerprint density at radius 1 is 1.40 bits per heavy atom. The van der Waals surface area contributed by atoms with Crippen molar-refractivity contribution in [3.8, 4) is 5.75 Å². The van der Waals surface area contributed by atoms with Gasteiger partial charge in [0.25, 0.3) is 0 Å². The van der Waals surface area contributed by atoms with Gasteiger partial charge >= 0.3 is 0 Å². The zero-order valence-corrected chi connectivity index (χ0v) is 9.67. The molecular formula is C13H19NO. The van der Waals surface area contributed by atoms with E-state index in [1.165, 1.54) is 0 Å². The lowest BCUT2D eigenvalue weighted by Gasteiger charge is -2.14. The second-order valence-corrected chi connectivity index (χ2v) is 4.27. The standard InChI is InChI=1S/C13H19NO/c1-8(2)5-12(14)11-6-9(3)13(15)10(4)7-11/h6-7,12,15H,1,5,14H2,2-4H3/t12-/m1/s1. The summed E-state index contributed by atoms with van der Waals surface area (Å²) in [5.41, 5.74) is 9.93. The van der Waals surface area contributed by atoms with E-state index in [1.54, 1.807) is 0 Å². The summed E-state index contributed by atoms with van der Waals surface area (Å²) in [5.74, 6) is 0.362. The number of hydrogen-bond donors (Lipinski definition) is 2. The van der Waals surface area contributed by atoms with Crippen molar-refractivity contribution in [1.82, 2.24) is 0 Å². The van der Waals surface area contributed by atoms with E-state index in [9.17, 15) is 5.11 Å². The van der Waals surface area contributed by atoms with Crippen molar-refractivity contribution in [3.63, 3.8) is 0 Å². The van der Waals surface area contributed by atoms with Crippen LogP contribution < -0.4 is 5.73 Å². The Kier molecular flexibility index (Phi) is 3.53. The SMILES string of the molecule is C=C(C)C[C@@H](N)c1cc(C)c(O)c(C)c1. The number of hydrogen-bond acceptors (Lipinski definition) is 2. The van der Waals surface area contributed by atoms with E-state index in [4.69, 9.17) is 5.73 Å². The van der Waals surface area contributed by atoms with E-state index < -0.39 is 0 Å². The van der Waals surface area contributed by atoms with Crippen LogP contribution in [0.15, 0.2) is 24.3 Å². The third-order valence-corrected chi connectivity index (χ3v) is 2.51. The van der Waals surface area contributed by atoms with Gasteiger partial charge < -0.3 is 10.8 Å². The van der Waals surface area contributed by atoms with Crippen molar-refractivity contribution < 1.29 is 5.11 Å². The molecule has 0 radical (unpaired) electrons. The summed E-state index contributed by atoms with van der Waals surface area (Å²) < 4.78 is 0. The predicted molar refractivity (Wildman–Crippen MR) is 63.9 cm³/mol. The predicted octanol–water partition coefficient (Wildman–Crippen LogP) is 2.98. The van der Waals surface area contributed by atoms with Gasteiger partial charge in [0.15, 0.2) is 0 Å². The molecule has 0 saturated carbocycles. The summed E-state index contributed by atoms with van der Waals surface area (Å²) in [7, 11) is 0. The molecule has 0 aliphatic heterocycles. The monoisotopic (exact) mass is 205 g/mol. The van der Waals surface area contributed by atoms with Gasteiger partial charge in [-0.2, -0.15) is 0 Å². The minimum atomic E-state index is -0.0273. The Morgan fingerprint density at radius 2 is 1.87 bits per heavy atom. The fourth-order valence-electron chi connectivity index (χ4n) is 1.70. The first-order valence-electron chi connectivity index (χ1n) is 5.12. The number of nitrogens with two attached hydrogens (primary N) is 1. The first-order valence-corrected chi connectivity index (χ1v) is 5.12. The molecule has 2 nitrogen and oxygen atoms in total. The average molecular weight is 205 g/mol. The summed E-state index contributed by atoms with van der Waals surface area (Å²) in [6, 6.07) is 3.85. The van der Waals surface area contributed by atoms with E-state index in [1.807, 2.05) is 32.9 Å². The Balaban J connectivity index is 3.00. The molecule has 0 fully saturated rings. The molecule has 0 heterocycles. The minimum Gasteiger partial charge on any atom is -0.507 e. The van der Waals surface area contributed by atoms with E-state index >= 15 is 0 Å². The quantitative estimate of drug-likeness (QED) is 0.745. The van der Waals surface area contributed by atoms with Gasteiger partial charge in [-0.05, 0) is 43.9 Å². The topological polar surface area (TPSA) is 46.2 Å². The van der Waals surface area contributed by atoms with Gasteiger partial charge in [0.05, 0.1) is 0 Å². The number of phenolic OH excluding ortho intramolecular Hbond substituents is 1. The Morgan fingerprint density at radius 3 is 2.27 bits per heavy atom. The number of aromatic hydroxyl groups is 1. The van der Waals surface area contributed by atoms with Crippen LogP contribution in [0.2, 0.25) is 0 Å². The molecule has 1 atom stereocenters. The van der Waals surface area contributed by atoms with Crippen molar-refractivity contribution in [3.05, 3.63) is 41.0 Å². The fourth-order valence-corrected chi connectivity index (χ4v) is 1.70. The van der Waals surface area contributed by atoms with Crippen molar-refractivity contribution in [2.24, 2.45) is 5.73 Å². The lowest BCUT2D eigenvalue weighted by atomic mass is 9.97. The molecule has 0 unspecified atom stereocenters. The molecule has 3 N–H and O–H groups in total. The van der Waals surface area contributed by atoms with Gasteiger partial charge in [-0.1, -0.05) is 17.7 Å². The molecule has 0 bridgehead atoms. The van der Waals surface area contributed by atoms with Gasteiger partial charge in [-0.15, -0.1) is 6.58 Å². The molecule has 0 aromatic heterocycles. The lowest BCUT2D eigenvalue weighted by Crippen LogP contribution is -2.10. The highest BCUT2D eigenvalue weighted by atomic mass is 16.3. The molecule has 15 heavy (non-hydrogen) atoms. The summed E-state index contributed by atoms with van der Waals surface area (Å²) in [5, 5.41) is 9.64. The first-order chi connectivity index (χ1) is 6.91. The number of benzene rings is 1. The second-order valence-electron chi connectivity index (χ2n) is 4.27. The maximum atomic E-state index is 9.64. The van der Waals surface area contributed by atoms with Crippen molar-refractivity contribution in [2.45, 2.75) is 33.2 Å². The summed E-state index contributed by atoms with van der Waals surface area (Å²) in [6.45, 7) is 9.60. The summed E-state index contributed by atoms with van der Waals surface area (Å²) in [6.07, 6.45) is 0.781. The summed E-state index contributed by atoms with van der Waals surface area (Å²) in [4.78, 5) is 0. The Labute approximate surface area is 91.4 Å². The van der Waals surface area contributed by atoms with Gasteiger partial charge in [0, 0.05) is 6.04 Å². The molecule has 1 rings (SSSR count). The number of aryl methyl sites for hydroxylation is 2. The van der Waals surface area contributed by atoms with E-state index in [-0.39, 0.29) is 6.04 Å². The van der Waals surface area contributed by atoms with Crippen molar-refractivity contribution >= 4 is 0 Å². The number of rotatable bonds is 3. The van der Waals surface area contributed by atoms with Crippen LogP contribution in [0.4, 0.5) is 0 Å². The Hall–Kier alpha value is -1.28. The molecular weight excluding hydrogens is 186 g/mol. The number of phenols is 1. The normalized spacial score (nSPS) is 12.5. The molecule has 1 aromatic rings. The average Bonchev–Trinajstić information content (AvgIpc) is 2.12. The molecule has 0 saturated heterocycles.